The molecule has 2 aromatic rings. The fourth-order valence-electron chi connectivity index (χ4n) is 2.59. The van der Waals surface area contributed by atoms with Gasteiger partial charge < -0.3 is 9.84 Å². The molecule has 1 N–H and O–H groups in total. The van der Waals surface area contributed by atoms with E-state index < -0.39 is 0 Å². The molecule has 0 aliphatic rings. The van der Waals surface area contributed by atoms with Crippen LogP contribution in [0.25, 0.3) is 0 Å². The summed E-state index contributed by atoms with van der Waals surface area (Å²) in [5.41, 5.74) is 3.23. The summed E-state index contributed by atoms with van der Waals surface area (Å²) in [5.74, 6) is 0.184. The van der Waals surface area contributed by atoms with Crippen LogP contribution < -0.4 is 4.74 Å². The predicted octanol–water partition coefficient (Wildman–Crippen LogP) is 3.16. The first-order chi connectivity index (χ1) is 10.1. The van der Waals surface area contributed by atoms with Crippen LogP contribution in [0.1, 0.15) is 28.3 Å². The maximum absolute atomic E-state index is 13.9. The molecule has 21 heavy (non-hydrogen) atoms. The van der Waals surface area contributed by atoms with Gasteiger partial charge in [0.15, 0.2) is 0 Å². The van der Waals surface area contributed by atoms with Crippen molar-refractivity contribution < 1.29 is 14.2 Å². The van der Waals surface area contributed by atoms with Crippen LogP contribution in [-0.4, -0.2) is 23.8 Å². The van der Waals surface area contributed by atoms with E-state index in [0.717, 1.165) is 22.6 Å². The Balaban J connectivity index is 2.34. The second-order valence-corrected chi connectivity index (χ2v) is 5.15. The number of hydrogen-bond donors (Lipinski definition) is 1. The van der Waals surface area contributed by atoms with Crippen LogP contribution in [0, 0.1) is 19.7 Å². The topological polar surface area (TPSA) is 42.4 Å². The summed E-state index contributed by atoms with van der Waals surface area (Å²) < 4.78 is 19.3. The van der Waals surface area contributed by atoms with E-state index in [4.69, 9.17) is 4.74 Å². The molecular weight excluding hydrogens is 269 g/mol. The van der Waals surface area contributed by atoms with Crippen LogP contribution in [0.4, 0.5) is 4.39 Å². The van der Waals surface area contributed by atoms with Crippen LogP contribution in [0.2, 0.25) is 0 Å². The highest BCUT2D eigenvalue weighted by Crippen LogP contribution is 2.28. The van der Waals surface area contributed by atoms with Gasteiger partial charge in [0, 0.05) is 28.9 Å². The van der Waals surface area contributed by atoms with Crippen molar-refractivity contribution in [1.29, 1.82) is 0 Å². The number of aliphatic hydroxyl groups excluding tert-OH is 1. The van der Waals surface area contributed by atoms with E-state index in [2.05, 4.69) is 4.98 Å². The molecule has 0 aliphatic heterocycles. The number of aliphatic hydroxyl groups is 1. The standard InChI is InChI=1S/C17H20FNO2/c1-11-9-19-16(12(2)17(11)21-3)8-13(10-20)14-6-4-5-7-15(14)18/h4-7,9,13,20H,8,10H2,1-3H3. The summed E-state index contributed by atoms with van der Waals surface area (Å²) >= 11 is 0. The first kappa shape index (κ1) is 15.4. The molecular formula is C17H20FNO2. The Kier molecular flexibility index (Phi) is 4.91. The fraction of sp³-hybridized carbons (Fsp3) is 0.353. The summed E-state index contributed by atoms with van der Waals surface area (Å²) in [6.45, 7) is 3.74. The average Bonchev–Trinajstić information content (AvgIpc) is 2.48. The van der Waals surface area contributed by atoms with E-state index in [9.17, 15) is 9.50 Å². The third kappa shape index (κ3) is 3.22. The molecule has 0 saturated heterocycles. The Bertz CT molecular complexity index is 628. The molecule has 4 heteroatoms. The highest BCUT2D eigenvalue weighted by Gasteiger charge is 2.18. The van der Waals surface area contributed by atoms with Crippen molar-refractivity contribution >= 4 is 0 Å². The van der Waals surface area contributed by atoms with Gasteiger partial charge in [-0.2, -0.15) is 0 Å². The quantitative estimate of drug-likeness (QED) is 0.919. The Labute approximate surface area is 124 Å². The number of pyridine rings is 1. The van der Waals surface area contributed by atoms with E-state index >= 15 is 0 Å². The lowest BCUT2D eigenvalue weighted by atomic mass is 9.92. The molecule has 1 aromatic carbocycles. The van der Waals surface area contributed by atoms with E-state index in [1.807, 2.05) is 13.8 Å². The minimum atomic E-state index is -0.315. The third-order valence-corrected chi connectivity index (χ3v) is 3.75. The van der Waals surface area contributed by atoms with Gasteiger partial charge in [-0.3, -0.25) is 4.98 Å². The maximum atomic E-state index is 13.9. The molecule has 112 valence electrons. The highest BCUT2D eigenvalue weighted by molar-refractivity contribution is 5.41. The molecule has 0 aliphatic carbocycles. The van der Waals surface area contributed by atoms with Crippen LogP contribution in [-0.2, 0) is 6.42 Å². The van der Waals surface area contributed by atoms with Crippen molar-refractivity contribution in [1.82, 2.24) is 4.98 Å². The van der Waals surface area contributed by atoms with Crippen molar-refractivity contribution in [2.24, 2.45) is 0 Å². The first-order valence-electron chi connectivity index (χ1n) is 6.92. The number of aromatic nitrogens is 1. The molecule has 0 fully saturated rings. The largest absolute Gasteiger partial charge is 0.496 e. The second kappa shape index (κ2) is 6.68. The number of benzene rings is 1. The highest BCUT2D eigenvalue weighted by atomic mass is 19.1. The van der Waals surface area contributed by atoms with E-state index in [1.54, 1.807) is 31.5 Å². The molecule has 0 radical (unpaired) electrons. The SMILES string of the molecule is COc1c(C)cnc(CC(CO)c2ccccc2F)c1C. The zero-order chi connectivity index (χ0) is 15.4. The molecule has 1 atom stereocenters. The summed E-state index contributed by atoms with van der Waals surface area (Å²) in [6.07, 6.45) is 2.22. The van der Waals surface area contributed by atoms with Gasteiger partial charge in [-0.1, -0.05) is 18.2 Å². The van der Waals surface area contributed by atoms with Crippen molar-refractivity contribution in [3.63, 3.8) is 0 Å². The minimum absolute atomic E-state index is 0.127. The van der Waals surface area contributed by atoms with Crippen LogP contribution in [0.5, 0.6) is 5.75 Å². The lowest BCUT2D eigenvalue weighted by Gasteiger charge is -2.18. The van der Waals surface area contributed by atoms with Crippen LogP contribution >= 0.6 is 0 Å². The molecule has 1 aromatic heterocycles. The number of methoxy groups -OCH3 is 1. The molecule has 0 amide bonds. The molecule has 2 rings (SSSR count). The summed E-state index contributed by atoms with van der Waals surface area (Å²) in [4.78, 5) is 4.42. The van der Waals surface area contributed by atoms with Gasteiger partial charge in [0.1, 0.15) is 11.6 Å². The van der Waals surface area contributed by atoms with Crippen molar-refractivity contribution in [2.45, 2.75) is 26.2 Å². The smallest absolute Gasteiger partial charge is 0.128 e. The zero-order valence-electron chi connectivity index (χ0n) is 12.6. The number of halogens is 1. The van der Waals surface area contributed by atoms with Gasteiger partial charge in [0.2, 0.25) is 0 Å². The number of nitrogens with zero attached hydrogens (tertiary/aromatic N) is 1. The maximum Gasteiger partial charge on any atom is 0.128 e. The van der Waals surface area contributed by atoms with E-state index in [-0.39, 0.29) is 18.3 Å². The normalized spacial score (nSPS) is 12.2. The minimum Gasteiger partial charge on any atom is -0.496 e. The summed E-state index contributed by atoms with van der Waals surface area (Å²) in [7, 11) is 1.62. The number of aryl methyl sites for hydroxylation is 1. The zero-order valence-corrected chi connectivity index (χ0v) is 12.6. The molecule has 0 bridgehead atoms. The Morgan fingerprint density at radius 1 is 1.29 bits per heavy atom. The Morgan fingerprint density at radius 3 is 2.62 bits per heavy atom. The third-order valence-electron chi connectivity index (χ3n) is 3.75. The second-order valence-electron chi connectivity index (χ2n) is 5.15. The van der Waals surface area contributed by atoms with Gasteiger partial charge in [-0.15, -0.1) is 0 Å². The van der Waals surface area contributed by atoms with Gasteiger partial charge in [-0.25, -0.2) is 4.39 Å². The number of ether oxygens (including phenoxy) is 1. The molecule has 3 nitrogen and oxygen atoms in total. The fourth-order valence-corrected chi connectivity index (χ4v) is 2.59. The van der Waals surface area contributed by atoms with E-state index in [0.29, 0.717) is 12.0 Å². The van der Waals surface area contributed by atoms with Gasteiger partial charge >= 0.3 is 0 Å². The van der Waals surface area contributed by atoms with E-state index in [1.165, 1.54) is 6.07 Å². The van der Waals surface area contributed by atoms with Crippen molar-refractivity contribution in [3.05, 3.63) is 58.7 Å². The molecule has 0 spiro atoms. The van der Waals surface area contributed by atoms with Gasteiger partial charge in [0.25, 0.3) is 0 Å². The molecule has 0 saturated carbocycles. The lowest BCUT2D eigenvalue weighted by molar-refractivity contribution is 0.261. The number of rotatable bonds is 5. The van der Waals surface area contributed by atoms with Crippen LogP contribution in [0.15, 0.2) is 30.5 Å². The summed E-state index contributed by atoms with van der Waals surface area (Å²) in [5, 5.41) is 9.61. The van der Waals surface area contributed by atoms with Gasteiger partial charge in [-0.05, 0) is 31.9 Å². The average molecular weight is 289 g/mol. The Hall–Kier alpha value is -1.94. The predicted molar refractivity (Wildman–Crippen MR) is 80.2 cm³/mol. The van der Waals surface area contributed by atoms with Crippen molar-refractivity contribution in [2.75, 3.05) is 13.7 Å². The number of hydrogen-bond acceptors (Lipinski definition) is 3. The molecule has 1 unspecified atom stereocenters. The monoisotopic (exact) mass is 289 g/mol. The van der Waals surface area contributed by atoms with Crippen molar-refractivity contribution in [3.8, 4) is 5.75 Å². The van der Waals surface area contributed by atoms with Gasteiger partial charge in [0.05, 0.1) is 13.7 Å². The summed E-state index contributed by atoms with van der Waals surface area (Å²) in [6, 6.07) is 6.54. The Morgan fingerprint density at radius 2 is 2.00 bits per heavy atom. The van der Waals surface area contributed by atoms with Crippen LogP contribution in [0.3, 0.4) is 0 Å². The lowest BCUT2D eigenvalue weighted by Crippen LogP contribution is -2.12. The first-order valence-corrected chi connectivity index (χ1v) is 6.92. The molecule has 1 heterocycles.